The van der Waals surface area contributed by atoms with Crippen LogP contribution < -0.4 is 0 Å². The molecule has 0 saturated carbocycles. The molecule has 0 aliphatic carbocycles. The quantitative estimate of drug-likeness (QED) is 0.363. The summed E-state index contributed by atoms with van der Waals surface area (Å²) in [6.07, 6.45) is 0. The lowest BCUT2D eigenvalue weighted by atomic mass is 10.2. The molecule has 0 N–H and O–H groups in total. The minimum atomic E-state index is 0.791. The van der Waals surface area contributed by atoms with Crippen LogP contribution in [0.4, 0.5) is 0 Å². The van der Waals surface area contributed by atoms with Crippen LogP contribution in [0.15, 0.2) is 48.5 Å². The van der Waals surface area contributed by atoms with Gasteiger partial charge in [0.25, 0.3) is 0 Å². The summed E-state index contributed by atoms with van der Waals surface area (Å²) in [7, 11) is 7.31. The molecule has 2 aromatic rings. The molecule has 0 bridgehead atoms. The highest BCUT2D eigenvalue weighted by Crippen LogP contribution is 2.45. The fraction of sp³-hybridized carbons (Fsp3) is 0.143. The van der Waals surface area contributed by atoms with Crippen LogP contribution in [0.25, 0.3) is 0 Å². The van der Waals surface area contributed by atoms with Crippen molar-refractivity contribution in [2.75, 3.05) is 0 Å². The largest absolute Gasteiger partial charge is 0.0843 e. The standard InChI is InChI=1S/C14H12Cl2S4/c15-13-5-1-11(2-6-13)9-17-19-20-18-10-12-3-7-14(16)8-4-12/h1-8H,9-10H2. The Morgan fingerprint density at radius 2 is 0.950 bits per heavy atom. The molecular weight excluding hydrogens is 367 g/mol. The maximum Gasteiger partial charge on any atom is 0.0406 e. The molecule has 2 rings (SSSR count). The van der Waals surface area contributed by atoms with Gasteiger partial charge in [-0.25, -0.2) is 0 Å². The maximum atomic E-state index is 5.85. The third-order valence-corrected chi connectivity index (χ3v) is 9.24. The molecule has 0 fully saturated rings. The molecule has 0 atom stereocenters. The van der Waals surface area contributed by atoms with Crippen molar-refractivity contribution in [1.29, 1.82) is 0 Å². The van der Waals surface area contributed by atoms with E-state index in [1.807, 2.05) is 65.5 Å². The molecule has 2 aromatic carbocycles. The minimum Gasteiger partial charge on any atom is -0.0843 e. The van der Waals surface area contributed by atoms with Crippen LogP contribution in [0.3, 0.4) is 0 Å². The van der Waals surface area contributed by atoms with Crippen LogP contribution in [0, 0.1) is 0 Å². The van der Waals surface area contributed by atoms with E-state index in [9.17, 15) is 0 Å². The van der Waals surface area contributed by atoms with Gasteiger partial charge in [0, 0.05) is 21.6 Å². The van der Waals surface area contributed by atoms with Crippen molar-refractivity contribution in [3.05, 3.63) is 69.7 Å². The zero-order chi connectivity index (χ0) is 14.2. The second kappa shape index (κ2) is 9.44. The van der Waals surface area contributed by atoms with Gasteiger partial charge in [-0.15, -0.1) is 0 Å². The SMILES string of the molecule is Clc1ccc(CSSSSCc2ccc(Cl)cc2)cc1. The average molecular weight is 379 g/mol. The molecular formula is C14H12Cl2S4. The smallest absolute Gasteiger partial charge is 0.0406 e. The fourth-order valence-corrected chi connectivity index (χ4v) is 7.50. The maximum absolute atomic E-state index is 5.85. The zero-order valence-electron chi connectivity index (χ0n) is 10.4. The molecule has 0 aromatic heterocycles. The molecule has 6 heteroatoms. The first-order valence-electron chi connectivity index (χ1n) is 5.81. The highest BCUT2D eigenvalue weighted by molar-refractivity contribution is 9.25. The lowest BCUT2D eigenvalue weighted by Gasteiger charge is -2.02. The monoisotopic (exact) mass is 378 g/mol. The summed E-state index contributed by atoms with van der Waals surface area (Å²) < 4.78 is 0. The number of hydrogen-bond donors (Lipinski definition) is 0. The number of rotatable bonds is 7. The van der Waals surface area contributed by atoms with Gasteiger partial charge >= 0.3 is 0 Å². The average Bonchev–Trinajstić information content (AvgIpc) is 2.46. The van der Waals surface area contributed by atoms with Crippen LogP contribution in [-0.4, -0.2) is 0 Å². The fourth-order valence-electron chi connectivity index (χ4n) is 1.38. The highest BCUT2D eigenvalue weighted by Gasteiger charge is 1.98. The third kappa shape index (κ3) is 6.46. The Morgan fingerprint density at radius 3 is 1.30 bits per heavy atom. The lowest BCUT2D eigenvalue weighted by molar-refractivity contribution is 1.43. The molecule has 0 heterocycles. The van der Waals surface area contributed by atoms with E-state index in [0.717, 1.165) is 21.6 Å². The molecule has 0 saturated heterocycles. The number of hydrogen-bond acceptors (Lipinski definition) is 4. The molecule has 106 valence electrons. The third-order valence-electron chi connectivity index (χ3n) is 2.40. The Labute approximate surface area is 145 Å². The van der Waals surface area contributed by atoms with Crippen molar-refractivity contribution in [3.63, 3.8) is 0 Å². The van der Waals surface area contributed by atoms with Crippen molar-refractivity contribution in [2.24, 2.45) is 0 Å². The summed E-state index contributed by atoms with van der Waals surface area (Å²) in [4.78, 5) is 0. The summed E-state index contributed by atoms with van der Waals surface area (Å²) >= 11 is 11.7. The molecule has 20 heavy (non-hydrogen) atoms. The highest BCUT2D eigenvalue weighted by atomic mass is 35.5. The normalized spacial score (nSPS) is 10.7. The van der Waals surface area contributed by atoms with Crippen molar-refractivity contribution in [1.82, 2.24) is 0 Å². The van der Waals surface area contributed by atoms with E-state index in [1.54, 1.807) is 0 Å². The van der Waals surface area contributed by atoms with Gasteiger partial charge in [-0.2, -0.15) is 0 Å². The van der Waals surface area contributed by atoms with Crippen LogP contribution in [-0.2, 0) is 11.5 Å². The Bertz CT molecular complexity index is 464. The molecule has 0 aliphatic heterocycles. The van der Waals surface area contributed by atoms with Gasteiger partial charge in [-0.3, -0.25) is 0 Å². The van der Waals surface area contributed by atoms with Gasteiger partial charge in [0.15, 0.2) is 0 Å². The van der Waals surface area contributed by atoms with Gasteiger partial charge in [0.05, 0.1) is 0 Å². The van der Waals surface area contributed by atoms with E-state index in [1.165, 1.54) is 11.1 Å². The molecule has 0 amide bonds. The Morgan fingerprint density at radius 1 is 0.600 bits per heavy atom. The second-order valence-corrected chi connectivity index (χ2v) is 10.8. The lowest BCUT2D eigenvalue weighted by Crippen LogP contribution is -1.76. The van der Waals surface area contributed by atoms with Crippen molar-refractivity contribution < 1.29 is 0 Å². The number of halogens is 2. The van der Waals surface area contributed by atoms with E-state index in [4.69, 9.17) is 23.2 Å². The van der Waals surface area contributed by atoms with E-state index >= 15 is 0 Å². The molecule has 0 spiro atoms. The van der Waals surface area contributed by atoms with E-state index in [2.05, 4.69) is 24.3 Å². The summed E-state index contributed by atoms with van der Waals surface area (Å²) in [5.41, 5.74) is 2.60. The van der Waals surface area contributed by atoms with Crippen molar-refractivity contribution in [2.45, 2.75) is 11.5 Å². The van der Waals surface area contributed by atoms with Crippen molar-refractivity contribution in [3.8, 4) is 0 Å². The minimum absolute atomic E-state index is 0.791. The first-order chi connectivity index (χ1) is 9.74. The van der Waals surface area contributed by atoms with E-state index < -0.39 is 0 Å². The Balaban J connectivity index is 1.57. The summed E-state index contributed by atoms with van der Waals surface area (Å²) in [5, 5.41) is 1.58. The summed E-state index contributed by atoms with van der Waals surface area (Å²) in [6, 6.07) is 16.0. The van der Waals surface area contributed by atoms with Crippen LogP contribution in [0.2, 0.25) is 10.0 Å². The topological polar surface area (TPSA) is 0 Å². The first-order valence-corrected chi connectivity index (χ1v) is 11.7. The van der Waals surface area contributed by atoms with Gasteiger partial charge in [-0.1, -0.05) is 69.1 Å². The van der Waals surface area contributed by atoms with Crippen LogP contribution in [0.5, 0.6) is 0 Å². The predicted molar refractivity (Wildman–Crippen MR) is 101 cm³/mol. The zero-order valence-corrected chi connectivity index (χ0v) is 15.2. The van der Waals surface area contributed by atoms with Crippen molar-refractivity contribution >= 4 is 64.4 Å². The summed E-state index contributed by atoms with van der Waals surface area (Å²) in [6.45, 7) is 0. The molecule has 0 aliphatic rings. The molecule has 0 nitrogen and oxygen atoms in total. The van der Waals surface area contributed by atoms with E-state index in [0.29, 0.717) is 0 Å². The van der Waals surface area contributed by atoms with Gasteiger partial charge in [-0.05, 0) is 55.0 Å². The Hall–Kier alpha value is 0.420. The molecule has 0 radical (unpaired) electrons. The second-order valence-electron chi connectivity index (χ2n) is 3.91. The predicted octanol–water partition coefficient (Wildman–Crippen LogP) is 7.37. The van der Waals surface area contributed by atoms with Gasteiger partial charge in [0.1, 0.15) is 0 Å². The van der Waals surface area contributed by atoms with Gasteiger partial charge in [0.2, 0.25) is 0 Å². The summed E-state index contributed by atoms with van der Waals surface area (Å²) in [5.74, 6) is 1.99. The molecule has 0 unspecified atom stereocenters. The first kappa shape index (κ1) is 16.8. The van der Waals surface area contributed by atoms with Crippen LogP contribution in [0.1, 0.15) is 11.1 Å². The van der Waals surface area contributed by atoms with Gasteiger partial charge < -0.3 is 0 Å². The van der Waals surface area contributed by atoms with Crippen LogP contribution >= 0.6 is 64.4 Å². The Kier molecular flexibility index (Phi) is 7.92. The number of benzene rings is 2. The van der Waals surface area contributed by atoms with E-state index in [-0.39, 0.29) is 0 Å².